The summed E-state index contributed by atoms with van der Waals surface area (Å²) in [4.78, 5) is 25.4. The molecule has 2 heterocycles. The van der Waals surface area contributed by atoms with Gasteiger partial charge in [-0.05, 0) is 24.8 Å². The molecule has 2 aliphatic heterocycles. The second-order valence-electron chi connectivity index (χ2n) is 6.54. The number of hydrogen-bond acceptors (Lipinski definition) is 3. The lowest BCUT2D eigenvalue weighted by Crippen LogP contribution is -2.47. The standard InChI is InChI=1S/C18H25N3O3/c1-13(22)19-12-14-6-9-21(10-7-14)18(23)20-16-8-11-24-17-5-3-2-4-15(16)17/h2-5,14,16H,6-12H2,1H3,(H,19,22)(H,20,23)/t16-/m0/s1. The van der Waals surface area contributed by atoms with Crippen LogP contribution in [0.15, 0.2) is 24.3 Å². The monoisotopic (exact) mass is 331 g/mol. The predicted molar refractivity (Wildman–Crippen MR) is 90.8 cm³/mol. The number of fused-ring (bicyclic) bond motifs is 1. The van der Waals surface area contributed by atoms with Crippen molar-refractivity contribution in [1.29, 1.82) is 0 Å². The molecule has 0 bridgehead atoms. The topological polar surface area (TPSA) is 70.7 Å². The molecule has 1 aromatic rings. The van der Waals surface area contributed by atoms with Crippen LogP contribution >= 0.6 is 0 Å². The molecule has 6 nitrogen and oxygen atoms in total. The molecule has 24 heavy (non-hydrogen) atoms. The van der Waals surface area contributed by atoms with E-state index in [2.05, 4.69) is 10.6 Å². The molecule has 3 rings (SSSR count). The minimum Gasteiger partial charge on any atom is -0.493 e. The molecule has 2 N–H and O–H groups in total. The molecular formula is C18H25N3O3. The van der Waals surface area contributed by atoms with Crippen molar-refractivity contribution in [2.75, 3.05) is 26.2 Å². The lowest BCUT2D eigenvalue weighted by molar-refractivity contribution is -0.119. The molecule has 0 spiro atoms. The van der Waals surface area contributed by atoms with Crippen LogP contribution in [0.2, 0.25) is 0 Å². The Bertz CT molecular complexity index is 597. The Balaban J connectivity index is 1.51. The number of rotatable bonds is 3. The van der Waals surface area contributed by atoms with Gasteiger partial charge in [0.25, 0.3) is 0 Å². The first-order valence-corrected chi connectivity index (χ1v) is 8.65. The molecule has 1 saturated heterocycles. The zero-order chi connectivity index (χ0) is 16.9. The van der Waals surface area contributed by atoms with Crippen LogP contribution in [0.4, 0.5) is 4.79 Å². The smallest absolute Gasteiger partial charge is 0.317 e. The molecule has 2 aliphatic rings. The number of urea groups is 1. The number of para-hydroxylation sites is 1. The molecule has 1 fully saturated rings. The molecule has 1 aromatic carbocycles. The van der Waals surface area contributed by atoms with Crippen molar-refractivity contribution in [3.05, 3.63) is 29.8 Å². The van der Waals surface area contributed by atoms with Crippen molar-refractivity contribution in [3.63, 3.8) is 0 Å². The normalized spacial score (nSPS) is 20.7. The maximum Gasteiger partial charge on any atom is 0.317 e. The van der Waals surface area contributed by atoms with Crippen molar-refractivity contribution < 1.29 is 14.3 Å². The number of nitrogens with zero attached hydrogens (tertiary/aromatic N) is 1. The number of ether oxygens (including phenoxy) is 1. The zero-order valence-corrected chi connectivity index (χ0v) is 14.1. The quantitative estimate of drug-likeness (QED) is 0.891. The largest absolute Gasteiger partial charge is 0.493 e. The molecule has 0 radical (unpaired) electrons. The van der Waals surface area contributed by atoms with Gasteiger partial charge in [0.1, 0.15) is 5.75 Å². The first kappa shape index (κ1) is 16.6. The highest BCUT2D eigenvalue weighted by Gasteiger charge is 2.27. The zero-order valence-electron chi connectivity index (χ0n) is 14.1. The molecule has 0 aliphatic carbocycles. The predicted octanol–water partition coefficient (Wildman–Crippen LogP) is 2.07. The Morgan fingerprint density at radius 2 is 1.96 bits per heavy atom. The van der Waals surface area contributed by atoms with Gasteiger partial charge in [-0.2, -0.15) is 0 Å². The summed E-state index contributed by atoms with van der Waals surface area (Å²) < 4.78 is 5.64. The summed E-state index contributed by atoms with van der Waals surface area (Å²) in [5, 5.41) is 6.01. The highest BCUT2D eigenvalue weighted by Crippen LogP contribution is 2.31. The van der Waals surface area contributed by atoms with E-state index >= 15 is 0 Å². The van der Waals surface area contributed by atoms with Crippen molar-refractivity contribution in [2.24, 2.45) is 5.92 Å². The fraction of sp³-hybridized carbons (Fsp3) is 0.556. The molecule has 1 atom stereocenters. The lowest BCUT2D eigenvalue weighted by Gasteiger charge is -2.34. The van der Waals surface area contributed by atoms with Gasteiger partial charge in [-0.25, -0.2) is 4.79 Å². The van der Waals surface area contributed by atoms with Crippen LogP contribution in [0.1, 0.15) is 37.8 Å². The van der Waals surface area contributed by atoms with Crippen LogP contribution in [0.25, 0.3) is 0 Å². The summed E-state index contributed by atoms with van der Waals surface area (Å²) in [7, 11) is 0. The second kappa shape index (κ2) is 7.55. The van der Waals surface area contributed by atoms with Crippen molar-refractivity contribution in [2.45, 2.75) is 32.2 Å². The highest BCUT2D eigenvalue weighted by molar-refractivity contribution is 5.75. The Hall–Kier alpha value is -2.24. The number of likely N-dealkylation sites (tertiary alicyclic amines) is 1. The van der Waals surface area contributed by atoms with Crippen molar-refractivity contribution in [1.82, 2.24) is 15.5 Å². The van der Waals surface area contributed by atoms with Gasteiger partial charge in [-0.1, -0.05) is 18.2 Å². The maximum absolute atomic E-state index is 12.6. The van der Waals surface area contributed by atoms with Crippen LogP contribution in [0, 0.1) is 5.92 Å². The van der Waals surface area contributed by atoms with E-state index < -0.39 is 0 Å². The van der Waals surface area contributed by atoms with E-state index in [0.717, 1.165) is 43.7 Å². The maximum atomic E-state index is 12.6. The van der Waals surface area contributed by atoms with E-state index in [1.165, 1.54) is 6.92 Å². The average Bonchev–Trinajstić information content (AvgIpc) is 2.60. The Morgan fingerprint density at radius 1 is 1.21 bits per heavy atom. The van der Waals surface area contributed by atoms with Gasteiger partial charge in [0.05, 0.1) is 12.6 Å². The molecule has 0 aromatic heterocycles. The fourth-order valence-electron chi connectivity index (χ4n) is 3.36. The summed E-state index contributed by atoms with van der Waals surface area (Å²) in [6.07, 6.45) is 2.65. The third-order valence-corrected chi connectivity index (χ3v) is 4.80. The first-order chi connectivity index (χ1) is 11.6. The number of amides is 3. The summed E-state index contributed by atoms with van der Waals surface area (Å²) in [6.45, 7) is 4.34. The molecular weight excluding hydrogens is 306 g/mol. The molecule has 0 unspecified atom stereocenters. The van der Waals surface area contributed by atoms with Gasteiger partial charge >= 0.3 is 6.03 Å². The summed E-state index contributed by atoms with van der Waals surface area (Å²) in [5.74, 6) is 1.33. The van der Waals surface area contributed by atoms with Gasteiger partial charge in [0, 0.05) is 38.5 Å². The van der Waals surface area contributed by atoms with Gasteiger partial charge < -0.3 is 20.3 Å². The number of hydrogen-bond donors (Lipinski definition) is 2. The van der Waals surface area contributed by atoms with E-state index in [9.17, 15) is 9.59 Å². The Labute approximate surface area is 142 Å². The van der Waals surface area contributed by atoms with Gasteiger partial charge in [0.15, 0.2) is 0 Å². The SMILES string of the molecule is CC(=O)NCC1CCN(C(=O)N[C@H]2CCOc3ccccc32)CC1. The Morgan fingerprint density at radius 3 is 2.71 bits per heavy atom. The summed E-state index contributed by atoms with van der Waals surface area (Å²) in [6, 6.07) is 7.89. The van der Waals surface area contributed by atoms with E-state index in [4.69, 9.17) is 4.74 Å². The van der Waals surface area contributed by atoms with E-state index in [0.29, 0.717) is 19.1 Å². The number of carbonyl (C=O) groups excluding carboxylic acids is 2. The minimum atomic E-state index is -0.00493. The molecule has 6 heteroatoms. The summed E-state index contributed by atoms with van der Waals surface area (Å²) >= 11 is 0. The molecule has 3 amide bonds. The van der Waals surface area contributed by atoms with Crippen LogP contribution < -0.4 is 15.4 Å². The fourth-order valence-corrected chi connectivity index (χ4v) is 3.36. The lowest BCUT2D eigenvalue weighted by atomic mass is 9.97. The summed E-state index contributed by atoms with van der Waals surface area (Å²) in [5.41, 5.74) is 1.05. The van der Waals surface area contributed by atoms with E-state index in [1.54, 1.807) is 0 Å². The third-order valence-electron chi connectivity index (χ3n) is 4.80. The van der Waals surface area contributed by atoms with Crippen LogP contribution in [0.3, 0.4) is 0 Å². The van der Waals surface area contributed by atoms with Gasteiger partial charge in [-0.3, -0.25) is 4.79 Å². The molecule has 0 saturated carbocycles. The van der Waals surface area contributed by atoms with Gasteiger partial charge in [-0.15, -0.1) is 0 Å². The first-order valence-electron chi connectivity index (χ1n) is 8.65. The minimum absolute atomic E-state index is 0.00493. The van der Waals surface area contributed by atoms with Crippen LogP contribution in [-0.2, 0) is 4.79 Å². The number of nitrogens with one attached hydrogen (secondary N) is 2. The number of benzene rings is 1. The van der Waals surface area contributed by atoms with Gasteiger partial charge in [0.2, 0.25) is 5.91 Å². The van der Waals surface area contributed by atoms with Crippen molar-refractivity contribution in [3.8, 4) is 5.75 Å². The number of carbonyl (C=O) groups is 2. The van der Waals surface area contributed by atoms with E-state index in [1.807, 2.05) is 29.2 Å². The highest BCUT2D eigenvalue weighted by atomic mass is 16.5. The average molecular weight is 331 g/mol. The number of piperidine rings is 1. The third kappa shape index (κ3) is 3.99. The van der Waals surface area contributed by atoms with E-state index in [-0.39, 0.29) is 18.0 Å². The second-order valence-corrected chi connectivity index (χ2v) is 6.54. The van der Waals surface area contributed by atoms with Crippen molar-refractivity contribution >= 4 is 11.9 Å². The van der Waals surface area contributed by atoms with Crippen LogP contribution in [0.5, 0.6) is 5.75 Å². The Kier molecular flexibility index (Phi) is 5.23. The molecule has 130 valence electrons. The van der Waals surface area contributed by atoms with Crippen LogP contribution in [-0.4, -0.2) is 43.1 Å².